The molecule has 2 unspecified atom stereocenters. The molecular weight excluding hydrogens is 1380 g/mol. The lowest BCUT2D eigenvalue weighted by Gasteiger charge is -2.38. The zero-order valence-electron chi connectivity index (χ0n) is 47.6. The first-order valence-corrected chi connectivity index (χ1v) is 32.7. The summed E-state index contributed by atoms with van der Waals surface area (Å²) in [6.45, 7) is 1.53. The smallest absolute Gasteiger partial charge is 0.480 e. The van der Waals surface area contributed by atoms with Crippen molar-refractivity contribution in [1.82, 2.24) is 35.2 Å². The van der Waals surface area contributed by atoms with Crippen molar-refractivity contribution in [2.45, 2.75) is 43.1 Å². The van der Waals surface area contributed by atoms with Crippen molar-refractivity contribution in [3.8, 4) is 33.4 Å². The molecule has 14 rings (SSSR count). The van der Waals surface area contributed by atoms with E-state index in [1.54, 1.807) is 94.4 Å². The number of thiazole rings is 3. The average molecular weight is 1430 g/mol. The third-order valence-electron chi connectivity index (χ3n) is 14.6. The number of hydrogen-bond donors (Lipinski definition) is 5. The van der Waals surface area contributed by atoms with Crippen molar-refractivity contribution in [3.05, 3.63) is 235 Å². The molecule has 2 saturated heterocycles. The van der Waals surface area contributed by atoms with Gasteiger partial charge in [0.2, 0.25) is 11.9 Å². The highest BCUT2D eigenvalue weighted by atomic mass is 79.9. The van der Waals surface area contributed by atoms with E-state index >= 15 is 8.78 Å². The van der Waals surface area contributed by atoms with Crippen LogP contribution in [0.15, 0.2) is 163 Å². The molecule has 0 saturated carbocycles. The molecule has 6 aromatic heterocycles. The Morgan fingerprint density at radius 2 is 0.989 bits per heavy atom. The van der Waals surface area contributed by atoms with E-state index < -0.39 is 37.0 Å². The van der Waals surface area contributed by atoms with E-state index in [0.717, 1.165) is 56.0 Å². The van der Waals surface area contributed by atoms with Crippen LogP contribution in [-0.2, 0) is 27.8 Å². The Morgan fingerprint density at radius 3 is 1.32 bits per heavy atom. The number of benzene rings is 6. The maximum Gasteiger partial charge on any atom is 0.490 e. The molecule has 0 amide bonds. The van der Waals surface area contributed by atoms with Gasteiger partial charge < -0.3 is 30.5 Å². The maximum absolute atomic E-state index is 15.6. The third-order valence-corrected chi connectivity index (χ3v) is 18.2. The van der Waals surface area contributed by atoms with Crippen LogP contribution in [0.3, 0.4) is 0 Å². The van der Waals surface area contributed by atoms with Crippen LogP contribution < -0.4 is 15.7 Å². The Morgan fingerprint density at radius 1 is 0.554 bits per heavy atom. The second-order valence-corrected chi connectivity index (χ2v) is 25.1. The summed E-state index contributed by atoms with van der Waals surface area (Å²) >= 11 is 26.0. The summed E-state index contributed by atoms with van der Waals surface area (Å²) in [5, 5.41) is 39.3. The molecule has 0 bridgehead atoms. The van der Waals surface area contributed by atoms with Gasteiger partial charge >= 0.3 is 19.1 Å². The normalized spacial score (nSPS) is 13.9. The zero-order chi connectivity index (χ0) is 65.2. The molecule has 0 spiro atoms. The SMILES string of the molecule is Fc1c(CBr)cc2scnc2c1-c1cccc(Cl)c1.Fc1ccc(Cc2cc3scnc3c(-c3cccc(Cl)c3)c2F)cn1.O=C(O)C1CCN1.O=C(O)C1CCN1c1ccc(Cc2cc3scnc3c(-c3cccc(Cl)c3)c2F)cn1.OB(O)c1ccc(F)nc1. The molecule has 0 radical (unpaired) electrons. The largest absolute Gasteiger partial charge is 0.490 e. The van der Waals surface area contributed by atoms with Crippen molar-refractivity contribution in [2.24, 2.45) is 0 Å². The summed E-state index contributed by atoms with van der Waals surface area (Å²) in [5.74, 6) is -3.04. The number of carboxylic acid groups (broad SMARTS) is 2. The lowest BCUT2D eigenvalue weighted by molar-refractivity contribution is -0.141. The van der Waals surface area contributed by atoms with E-state index in [1.807, 2.05) is 42.5 Å². The molecule has 468 valence electrons. The van der Waals surface area contributed by atoms with E-state index in [9.17, 15) is 27.9 Å². The summed E-state index contributed by atoms with van der Waals surface area (Å²) in [5.41, 5.74) is 14.1. The fourth-order valence-corrected chi connectivity index (χ4v) is 13.0. The molecule has 12 aromatic rings. The summed E-state index contributed by atoms with van der Waals surface area (Å²) in [4.78, 5) is 47.2. The fourth-order valence-electron chi connectivity index (χ4n) is 9.77. The molecular formula is C65H48BBrCl3F5N8O6S3. The number of hydrogen-bond acceptors (Lipinski definition) is 15. The number of aromatic nitrogens is 6. The Hall–Kier alpha value is -7.88. The highest BCUT2D eigenvalue weighted by Crippen LogP contribution is 2.40. The number of nitrogens with one attached hydrogen (secondary N) is 1. The van der Waals surface area contributed by atoms with Crippen molar-refractivity contribution in [2.75, 3.05) is 18.0 Å². The number of carboxylic acids is 2. The van der Waals surface area contributed by atoms with E-state index in [2.05, 4.69) is 51.2 Å². The van der Waals surface area contributed by atoms with Gasteiger partial charge in [0, 0.05) is 86.1 Å². The molecule has 2 aliphatic heterocycles. The van der Waals surface area contributed by atoms with E-state index in [0.29, 0.717) is 113 Å². The van der Waals surface area contributed by atoms with Gasteiger partial charge in [-0.1, -0.05) is 105 Å². The first-order valence-electron chi connectivity index (χ1n) is 27.8. The van der Waals surface area contributed by atoms with Crippen LogP contribution in [0.25, 0.3) is 64.0 Å². The maximum atomic E-state index is 15.6. The van der Waals surface area contributed by atoms with Crippen molar-refractivity contribution >= 4 is 146 Å². The molecule has 5 N–H and O–H groups in total. The summed E-state index contributed by atoms with van der Waals surface area (Å²) in [6.07, 6.45) is 6.26. The number of alkyl halides is 1. The van der Waals surface area contributed by atoms with Crippen molar-refractivity contribution in [1.29, 1.82) is 0 Å². The topological polar surface area (TPSA) is 208 Å². The Bertz CT molecular complexity index is 4600. The molecule has 2 aliphatic rings. The van der Waals surface area contributed by atoms with Crippen molar-refractivity contribution < 1.29 is 51.8 Å². The quantitative estimate of drug-likeness (QED) is 0.0334. The molecule has 8 heterocycles. The van der Waals surface area contributed by atoms with Gasteiger partial charge in [0.25, 0.3) is 0 Å². The van der Waals surface area contributed by atoms with Gasteiger partial charge in [-0.25, -0.2) is 47.9 Å². The number of anilines is 1. The van der Waals surface area contributed by atoms with Crippen LogP contribution in [0.5, 0.6) is 0 Å². The Labute approximate surface area is 558 Å². The lowest BCUT2D eigenvalue weighted by Crippen LogP contribution is -2.52. The number of aliphatic carboxylic acids is 2. The van der Waals surface area contributed by atoms with Gasteiger partial charge in [-0.15, -0.1) is 34.0 Å². The molecule has 2 atom stereocenters. The summed E-state index contributed by atoms with van der Waals surface area (Å²) < 4.78 is 73.3. The third kappa shape index (κ3) is 16.1. The van der Waals surface area contributed by atoms with Gasteiger partial charge in [-0.2, -0.15) is 8.78 Å². The molecule has 6 aromatic carbocycles. The average Bonchev–Trinajstić information content (AvgIpc) is 1.47. The number of fused-ring (bicyclic) bond motifs is 3. The Balaban J connectivity index is 0.000000136. The van der Waals surface area contributed by atoms with Crippen LogP contribution in [0.1, 0.15) is 40.7 Å². The highest BCUT2D eigenvalue weighted by molar-refractivity contribution is 9.08. The molecule has 92 heavy (non-hydrogen) atoms. The first-order chi connectivity index (χ1) is 44.3. The minimum absolute atomic E-state index is 0.182. The van der Waals surface area contributed by atoms with E-state index in [-0.39, 0.29) is 29.0 Å². The minimum Gasteiger partial charge on any atom is -0.480 e. The van der Waals surface area contributed by atoms with Crippen LogP contribution in [-0.4, -0.2) is 94.4 Å². The predicted octanol–water partition coefficient (Wildman–Crippen LogP) is 15.3. The monoisotopic (exact) mass is 1420 g/mol. The van der Waals surface area contributed by atoms with Gasteiger partial charge in [-0.3, -0.25) is 4.79 Å². The summed E-state index contributed by atoms with van der Waals surface area (Å²) in [7, 11) is -1.58. The van der Waals surface area contributed by atoms with Crippen LogP contribution in [0.4, 0.5) is 27.8 Å². The van der Waals surface area contributed by atoms with E-state index in [4.69, 9.17) is 50.0 Å². The fraction of sp³-hybridized carbons (Fsp3) is 0.138. The molecule has 27 heteroatoms. The number of nitrogens with zero attached hydrogens (tertiary/aromatic N) is 7. The second-order valence-electron chi connectivity index (χ2n) is 20.6. The first kappa shape index (κ1) is 67.0. The van der Waals surface area contributed by atoms with Gasteiger partial charge in [0.1, 0.15) is 35.4 Å². The molecule has 14 nitrogen and oxygen atoms in total. The molecule has 0 aliphatic carbocycles. The van der Waals surface area contributed by atoms with Gasteiger partial charge in [0.05, 0.1) is 47.2 Å². The van der Waals surface area contributed by atoms with E-state index in [1.165, 1.54) is 52.3 Å². The van der Waals surface area contributed by atoms with Gasteiger partial charge in [-0.05, 0) is 131 Å². The minimum atomic E-state index is -1.58. The van der Waals surface area contributed by atoms with Crippen molar-refractivity contribution in [3.63, 3.8) is 0 Å². The Kier molecular flexibility index (Phi) is 22.4. The predicted molar refractivity (Wildman–Crippen MR) is 358 cm³/mol. The number of halogens is 9. The molecule has 2 fully saturated rings. The second kappa shape index (κ2) is 30.7. The standard InChI is InChI=1S/C23H17ClFN3O2S.C19H11ClF2N2S.C14H8BrClFNS.C5H5BFNO2.C4H7NO2/c24-16-3-1-2-14(9-16)20-21(25)15(10-18-22(20)27-12-31-18)8-13-4-5-19(26-11-13)28-7-6-17(28)23(29)30;20-14-3-1-2-12(7-14)17-18(22)13(8-15-19(17)24-10-25-15)6-11-4-5-16(21)23-9-11;15-6-9-5-11-14(18-7-19-11)12(13(9)17)8-2-1-3-10(16)4-8;7-5-2-1-4(3-8-5)6(9)10;6-4(7)3-1-2-5-3/h1-5,9-12,17H,6-8H2,(H,29,30);1-5,7-10H,6H2;1-5,7H,6H2;1-3,9-10H;3,5H,1-2H2,(H,6,7). The zero-order valence-corrected chi connectivity index (χ0v) is 53.9. The van der Waals surface area contributed by atoms with Crippen LogP contribution in [0, 0.1) is 29.3 Å². The number of carbonyl (C=O) groups is 2. The van der Waals surface area contributed by atoms with Crippen LogP contribution in [0.2, 0.25) is 15.1 Å². The summed E-state index contributed by atoms with van der Waals surface area (Å²) in [6, 6.07) is 34.9. The van der Waals surface area contributed by atoms with Gasteiger partial charge in [0.15, 0.2) is 0 Å². The number of rotatable bonds is 12. The number of pyridine rings is 3. The highest BCUT2D eigenvalue weighted by Gasteiger charge is 2.35. The van der Waals surface area contributed by atoms with Crippen LogP contribution >= 0.6 is 84.7 Å². The lowest BCUT2D eigenvalue weighted by atomic mass is 9.82.